The van der Waals surface area contributed by atoms with E-state index in [9.17, 15) is 14.4 Å². The van der Waals surface area contributed by atoms with Crippen molar-refractivity contribution in [1.82, 2.24) is 9.80 Å². The van der Waals surface area contributed by atoms with Crippen LogP contribution in [0.15, 0.2) is 66.7 Å². The largest absolute Gasteiger partial charge is 0.497 e. The van der Waals surface area contributed by atoms with E-state index in [0.717, 1.165) is 24.2 Å². The zero-order valence-electron chi connectivity index (χ0n) is 19.7. The molecule has 0 aromatic heterocycles. The minimum Gasteiger partial charge on any atom is -0.497 e. The molecule has 3 aromatic rings. The first-order chi connectivity index (χ1) is 17.0. The summed E-state index contributed by atoms with van der Waals surface area (Å²) in [5.41, 5.74) is 2.92. The minimum absolute atomic E-state index is 0.0819. The van der Waals surface area contributed by atoms with Crippen LogP contribution in [0.3, 0.4) is 0 Å². The van der Waals surface area contributed by atoms with Crippen LogP contribution in [0.4, 0.5) is 0 Å². The highest BCUT2D eigenvalue weighted by Crippen LogP contribution is 2.33. The second kappa shape index (κ2) is 9.25. The van der Waals surface area contributed by atoms with Gasteiger partial charge in [0.2, 0.25) is 0 Å². The van der Waals surface area contributed by atoms with Gasteiger partial charge in [-0.2, -0.15) is 0 Å². The van der Waals surface area contributed by atoms with E-state index in [4.69, 9.17) is 9.47 Å². The summed E-state index contributed by atoms with van der Waals surface area (Å²) < 4.78 is 10.7. The van der Waals surface area contributed by atoms with Gasteiger partial charge < -0.3 is 14.4 Å². The summed E-state index contributed by atoms with van der Waals surface area (Å²) in [5, 5.41) is 0. The van der Waals surface area contributed by atoms with Crippen LogP contribution in [-0.4, -0.2) is 47.8 Å². The number of fused-ring (bicyclic) bond motifs is 1. The molecule has 0 saturated heterocycles. The number of amides is 3. The number of nitrogens with zero attached hydrogens (tertiary/aromatic N) is 2. The third-order valence-electron chi connectivity index (χ3n) is 6.47. The fourth-order valence-corrected chi connectivity index (χ4v) is 4.42. The van der Waals surface area contributed by atoms with Crippen molar-refractivity contribution >= 4 is 17.7 Å². The first-order valence-corrected chi connectivity index (χ1v) is 11.6. The molecular weight excluding hydrogens is 444 g/mol. The summed E-state index contributed by atoms with van der Waals surface area (Å²) in [5.74, 6) is 0.438. The number of methoxy groups -OCH3 is 2. The predicted molar refractivity (Wildman–Crippen MR) is 130 cm³/mol. The molecule has 1 aliphatic heterocycles. The van der Waals surface area contributed by atoms with E-state index in [-0.39, 0.29) is 30.3 Å². The SMILES string of the molecule is COc1ccc(CN(C(=O)c2cc(CN3C(=O)c4ccccc4C3=O)ccc2OC)C2CC2)cc1. The zero-order chi connectivity index (χ0) is 24.5. The van der Waals surface area contributed by atoms with Crippen molar-refractivity contribution in [2.75, 3.05) is 14.2 Å². The van der Waals surface area contributed by atoms with Crippen LogP contribution in [-0.2, 0) is 13.1 Å². The van der Waals surface area contributed by atoms with Gasteiger partial charge in [-0.15, -0.1) is 0 Å². The van der Waals surface area contributed by atoms with Gasteiger partial charge in [-0.3, -0.25) is 19.3 Å². The Morgan fingerprint density at radius 2 is 1.51 bits per heavy atom. The van der Waals surface area contributed by atoms with Gasteiger partial charge in [-0.05, 0) is 60.4 Å². The molecule has 5 rings (SSSR count). The van der Waals surface area contributed by atoms with Crippen molar-refractivity contribution in [3.63, 3.8) is 0 Å². The molecule has 35 heavy (non-hydrogen) atoms. The molecule has 1 fully saturated rings. The van der Waals surface area contributed by atoms with Gasteiger partial charge in [-0.1, -0.05) is 30.3 Å². The van der Waals surface area contributed by atoms with E-state index in [1.54, 1.807) is 49.6 Å². The van der Waals surface area contributed by atoms with E-state index in [1.165, 1.54) is 12.0 Å². The Morgan fingerprint density at radius 1 is 0.886 bits per heavy atom. The van der Waals surface area contributed by atoms with E-state index in [2.05, 4.69) is 0 Å². The summed E-state index contributed by atoms with van der Waals surface area (Å²) >= 11 is 0. The molecular formula is C28H26N2O5. The molecule has 1 heterocycles. The highest BCUT2D eigenvalue weighted by Gasteiger charge is 2.36. The van der Waals surface area contributed by atoms with Gasteiger partial charge in [-0.25, -0.2) is 0 Å². The highest BCUT2D eigenvalue weighted by molar-refractivity contribution is 6.21. The molecule has 1 aliphatic carbocycles. The van der Waals surface area contributed by atoms with E-state index < -0.39 is 0 Å². The first-order valence-electron chi connectivity index (χ1n) is 11.6. The van der Waals surface area contributed by atoms with Gasteiger partial charge >= 0.3 is 0 Å². The number of hydrogen-bond acceptors (Lipinski definition) is 5. The summed E-state index contributed by atoms with van der Waals surface area (Å²) in [7, 11) is 3.15. The highest BCUT2D eigenvalue weighted by atomic mass is 16.5. The van der Waals surface area contributed by atoms with Crippen LogP contribution < -0.4 is 9.47 Å². The zero-order valence-corrected chi connectivity index (χ0v) is 19.7. The number of carbonyl (C=O) groups is 3. The van der Waals surface area contributed by atoms with Crippen LogP contribution in [0.1, 0.15) is 55.0 Å². The lowest BCUT2D eigenvalue weighted by Crippen LogP contribution is -2.33. The summed E-state index contributed by atoms with van der Waals surface area (Å²) in [6, 6.07) is 19.9. The lowest BCUT2D eigenvalue weighted by molar-refractivity contribution is 0.0642. The lowest BCUT2D eigenvalue weighted by atomic mass is 10.1. The number of benzene rings is 3. The molecule has 0 radical (unpaired) electrons. The smallest absolute Gasteiger partial charge is 0.261 e. The number of hydrogen-bond donors (Lipinski definition) is 0. The number of carbonyl (C=O) groups excluding carboxylic acids is 3. The topological polar surface area (TPSA) is 76.2 Å². The summed E-state index contributed by atoms with van der Waals surface area (Å²) in [6.45, 7) is 0.553. The Hall–Kier alpha value is -4.13. The van der Waals surface area contributed by atoms with Gasteiger partial charge in [0, 0.05) is 12.6 Å². The van der Waals surface area contributed by atoms with Gasteiger partial charge in [0.05, 0.1) is 37.5 Å². The Labute approximate surface area is 203 Å². The monoisotopic (exact) mass is 470 g/mol. The third-order valence-corrected chi connectivity index (χ3v) is 6.47. The molecule has 0 atom stereocenters. The average Bonchev–Trinajstić information content (AvgIpc) is 3.71. The molecule has 1 saturated carbocycles. The van der Waals surface area contributed by atoms with Crippen LogP contribution in [0, 0.1) is 0 Å². The predicted octanol–water partition coefficient (Wildman–Crippen LogP) is 4.30. The van der Waals surface area contributed by atoms with Crippen molar-refractivity contribution in [2.45, 2.75) is 32.0 Å². The summed E-state index contributed by atoms with van der Waals surface area (Å²) in [4.78, 5) is 42.4. The van der Waals surface area contributed by atoms with Crippen LogP contribution >= 0.6 is 0 Å². The van der Waals surface area contributed by atoms with Gasteiger partial charge in [0.1, 0.15) is 11.5 Å². The Morgan fingerprint density at radius 3 is 2.09 bits per heavy atom. The quantitative estimate of drug-likeness (QED) is 0.459. The van der Waals surface area contributed by atoms with Gasteiger partial charge in [0.25, 0.3) is 17.7 Å². The second-order valence-corrected chi connectivity index (χ2v) is 8.79. The number of imide groups is 1. The number of rotatable bonds is 8. The maximum atomic E-state index is 13.7. The Bertz CT molecular complexity index is 1260. The maximum Gasteiger partial charge on any atom is 0.261 e. The molecule has 0 bridgehead atoms. The number of ether oxygens (including phenoxy) is 2. The molecule has 0 unspecified atom stereocenters. The standard InChI is InChI=1S/C28H26N2O5/c1-34-21-12-7-18(8-13-21)16-29(20-10-11-20)28(33)24-15-19(9-14-25(24)35-2)17-30-26(31)22-5-3-4-6-23(22)27(30)32/h3-9,12-15,20H,10-11,16-17H2,1-2H3. The van der Waals surface area contributed by atoms with E-state index in [0.29, 0.717) is 34.5 Å². The van der Waals surface area contributed by atoms with Crippen molar-refractivity contribution in [3.05, 3.63) is 94.5 Å². The molecule has 0 spiro atoms. The second-order valence-electron chi connectivity index (χ2n) is 8.79. The van der Waals surface area contributed by atoms with E-state index >= 15 is 0 Å². The maximum absolute atomic E-state index is 13.7. The Kier molecular flexibility index (Phi) is 5.99. The molecule has 0 N–H and O–H groups in total. The molecule has 2 aliphatic rings. The molecule has 7 heteroatoms. The molecule has 178 valence electrons. The van der Waals surface area contributed by atoms with Crippen molar-refractivity contribution in [3.8, 4) is 11.5 Å². The normalized spacial score (nSPS) is 14.6. The third kappa shape index (κ3) is 4.37. The van der Waals surface area contributed by atoms with Gasteiger partial charge in [0.15, 0.2) is 0 Å². The average molecular weight is 471 g/mol. The Balaban J connectivity index is 1.40. The molecule has 7 nitrogen and oxygen atoms in total. The summed E-state index contributed by atoms with van der Waals surface area (Å²) in [6.07, 6.45) is 1.91. The van der Waals surface area contributed by atoms with Crippen molar-refractivity contribution in [2.24, 2.45) is 0 Å². The van der Waals surface area contributed by atoms with Crippen LogP contribution in [0.5, 0.6) is 11.5 Å². The minimum atomic E-state index is -0.326. The molecule has 3 aromatic carbocycles. The van der Waals surface area contributed by atoms with Crippen molar-refractivity contribution < 1.29 is 23.9 Å². The fourth-order valence-electron chi connectivity index (χ4n) is 4.42. The van der Waals surface area contributed by atoms with Crippen LogP contribution in [0.25, 0.3) is 0 Å². The first kappa shape index (κ1) is 22.7. The molecule has 3 amide bonds. The van der Waals surface area contributed by atoms with Crippen LogP contribution in [0.2, 0.25) is 0 Å². The van der Waals surface area contributed by atoms with E-state index in [1.807, 2.05) is 29.2 Å². The van der Waals surface area contributed by atoms with Crippen molar-refractivity contribution in [1.29, 1.82) is 0 Å². The fraction of sp³-hybridized carbons (Fsp3) is 0.250. The lowest BCUT2D eigenvalue weighted by Gasteiger charge is -2.24.